The van der Waals surface area contributed by atoms with Gasteiger partial charge in [-0.05, 0) is 30.5 Å². The van der Waals surface area contributed by atoms with Crippen molar-refractivity contribution in [3.8, 4) is 0 Å². The van der Waals surface area contributed by atoms with Gasteiger partial charge in [-0.2, -0.15) is 0 Å². The minimum absolute atomic E-state index is 0. The normalized spacial score (nSPS) is 10.4. The average molecular weight is 431 g/mol. The van der Waals surface area contributed by atoms with Crippen LogP contribution in [-0.4, -0.2) is 4.32 Å². The van der Waals surface area contributed by atoms with E-state index in [-0.39, 0.29) is 19.5 Å². The van der Waals surface area contributed by atoms with Crippen LogP contribution in [-0.2, 0) is 25.9 Å². The average Bonchev–Trinajstić information content (AvgIpc) is 2.57. The van der Waals surface area contributed by atoms with Crippen molar-refractivity contribution in [1.82, 2.24) is 0 Å². The van der Waals surface area contributed by atoms with Crippen LogP contribution in [0.15, 0.2) is 29.2 Å². The van der Waals surface area contributed by atoms with E-state index in [2.05, 4.69) is 31.2 Å². The summed E-state index contributed by atoms with van der Waals surface area (Å²) in [5.41, 5.74) is 6.97. The van der Waals surface area contributed by atoms with E-state index in [0.29, 0.717) is 4.32 Å². The third-order valence-electron chi connectivity index (χ3n) is 4.46. The van der Waals surface area contributed by atoms with Crippen molar-refractivity contribution in [3.05, 3.63) is 29.8 Å². The Labute approximate surface area is 178 Å². The number of aryl methyl sites for hydroxylation is 1. The van der Waals surface area contributed by atoms with Crippen LogP contribution in [0.2, 0.25) is 0 Å². The molecule has 0 bridgehead atoms. The van der Waals surface area contributed by atoms with Crippen LogP contribution in [0.4, 0.5) is 0 Å². The predicted octanol–water partition coefficient (Wildman–Crippen LogP) is 7.26. The van der Waals surface area contributed by atoms with Gasteiger partial charge in [0.1, 0.15) is 4.32 Å². The second kappa shape index (κ2) is 17.5. The second-order valence-electron chi connectivity index (χ2n) is 6.70. The molecule has 138 valence electrons. The first kappa shape index (κ1) is 25.1. The Hall–Kier alpha value is 0.0834. The van der Waals surface area contributed by atoms with Gasteiger partial charge in [0.2, 0.25) is 0 Å². The number of nitrogens with two attached hydrogens (primary N) is 1. The maximum atomic E-state index is 5.54. The van der Waals surface area contributed by atoms with Crippen LogP contribution in [0.5, 0.6) is 0 Å². The van der Waals surface area contributed by atoms with Gasteiger partial charge in [-0.25, -0.2) is 0 Å². The van der Waals surface area contributed by atoms with Crippen molar-refractivity contribution in [2.45, 2.75) is 95.3 Å². The Bertz CT molecular complexity index is 434. The predicted molar refractivity (Wildman–Crippen MR) is 114 cm³/mol. The van der Waals surface area contributed by atoms with E-state index in [1.165, 1.54) is 101 Å². The molecule has 0 aliphatic rings. The largest absolute Gasteiger partial charge is 0.384 e. The number of thioether (sulfide) groups is 1. The molecule has 4 heteroatoms. The van der Waals surface area contributed by atoms with Crippen molar-refractivity contribution >= 4 is 28.3 Å². The van der Waals surface area contributed by atoms with E-state index >= 15 is 0 Å². The molecule has 0 heterocycles. The molecule has 0 spiro atoms. The van der Waals surface area contributed by atoms with E-state index in [1.54, 1.807) is 0 Å². The number of benzene rings is 1. The molecule has 25 heavy (non-hydrogen) atoms. The Balaban J connectivity index is 0.00000576. The first-order valence-corrected chi connectivity index (χ1v) is 11.0. The molecule has 0 saturated carbocycles. The van der Waals surface area contributed by atoms with Gasteiger partial charge in [0.25, 0.3) is 0 Å². The zero-order chi connectivity index (χ0) is 17.5. The van der Waals surface area contributed by atoms with E-state index in [0.717, 1.165) is 4.90 Å². The zero-order valence-corrected chi connectivity index (χ0v) is 20.7. The summed E-state index contributed by atoms with van der Waals surface area (Å²) < 4.78 is 0.490. The van der Waals surface area contributed by atoms with Gasteiger partial charge in [0.15, 0.2) is 0 Å². The van der Waals surface area contributed by atoms with E-state index in [4.69, 9.17) is 18.0 Å². The van der Waals surface area contributed by atoms with Crippen molar-refractivity contribution in [2.75, 3.05) is 0 Å². The molecule has 0 aromatic heterocycles. The Morgan fingerprint density at radius 3 is 1.68 bits per heavy atom. The Morgan fingerprint density at radius 1 is 0.800 bits per heavy atom. The van der Waals surface area contributed by atoms with Crippen molar-refractivity contribution in [2.24, 2.45) is 5.73 Å². The number of thiocarbonyl (C=S) groups is 1. The quantitative estimate of drug-likeness (QED) is 0.145. The molecule has 1 nitrogen and oxygen atoms in total. The molecule has 0 fully saturated rings. The topological polar surface area (TPSA) is 26.0 Å². The fourth-order valence-electron chi connectivity index (χ4n) is 3.01. The fourth-order valence-corrected chi connectivity index (χ4v) is 3.80. The maximum Gasteiger partial charge on any atom is 0.135 e. The van der Waals surface area contributed by atoms with Gasteiger partial charge >= 0.3 is 0 Å². The summed E-state index contributed by atoms with van der Waals surface area (Å²) in [6, 6.07) is 8.66. The maximum absolute atomic E-state index is 5.54. The second-order valence-corrected chi connectivity index (χ2v) is 8.52. The molecule has 0 saturated heterocycles. The van der Waals surface area contributed by atoms with Crippen molar-refractivity contribution < 1.29 is 19.5 Å². The Morgan fingerprint density at radius 2 is 1.24 bits per heavy atom. The molecular formula is C21H35NS2Zn. The first-order chi connectivity index (χ1) is 11.7. The van der Waals surface area contributed by atoms with Crippen LogP contribution in [0.25, 0.3) is 0 Å². The molecule has 1 aromatic rings. The first-order valence-electron chi connectivity index (χ1n) is 9.78. The van der Waals surface area contributed by atoms with Gasteiger partial charge < -0.3 is 5.73 Å². The minimum Gasteiger partial charge on any atom is -0.384 e. The summed E-state index contributed by atoms with van der Waals surface area (Å²) in [6.45, 7) is 2.28. The molecule has 1 rings (SSSR count). The van der Waals surface area contributed by atoms with Gasteiger partial charge in [0, 0.05) is 24.4 Å². The summed E-state index contributed by atoms with van der Waals surface area (Å²) in [5, 5.41) is 0. The number of hydrogen-bond acceptors (Lipinski definition) is 2. The summed E-state index contributed by atoms with van der Waals surface area (Å²) in [4.78, 5) is 1.14. The van der Waals surface area contributed by atoms with Crippen LogP contribution in [0, 0.1) is 0 Å². The SMILES string of the molecule is CCCCCCCCCCCCCCc1ccc(SC(N)=S)cc1.[Zn]. The molecule has 1 aromatic carbocycles. The molecule has 0 aliphatic carbocycles. The number of rotatable bonds is 14. The number of unbranched alkanes of at least 4 members (excludes halogenated alkanes) is 11. The van der Waals surface area contributed by atoms with Crippen molar-refractivity contribution in [3.63, 3.8) is 0 Å². The van der Waals surface area contributed by atoms with Crippen LogP contribution < -0.4 is 5.73 Å². The van der Waals surface area contributed by atoms with Crippen LogP contribution in [0.1, 0.15) is 89.5 Å². The molecule has 0 radical (unpaired) electrons. The fraction of sp³-hybridized carbons (Fsp3) is 0.667. The smallest absolute Gasteiger partial charge is 0.135 e. The third kappa shape index (κ3) is 14.9. The molecule has 0 atom stereocenters. The molecule has 0 unspecified atom stereocenters. The van der Waals surface area contributed by atoms with E-state index < -0.39 is 0 Å². The minimum atomic E-state index is 0. The van der Waals surface area contributed by atoms with Gasteiger partial charge in [-0.3, -0.25) is 0 Å². The summed E-state index contributed by atoms with van der Waals surface area (Å²) in [6.07, 6.45) is 18.1. The standard InChI is InChI=1S/C21H35NS2.Zn/c1-2-3-4-5-6-7-8-9-10-11-12-13-14-19-15-17-20(18-16-19)24-21(22)23;/h15-18H,2-14H2,1H3,(H2,22,23);. The Kier molecular flexibility index (Phi) is 17.6. The van der Waals surface area contributed by atoms with Gasteiger partial charge in [-0.1, -0.05) is 114 Å². The third-order valence-corrected chi connectivity index (χ3v) is 5.42. The zero-order valence-electron chi connectivity index (χ0n) is 16.1. The van der Waals surface area contributed by atoms with Crippen molar-refractivity contribution in [1.29, 1.82) is 0 Å². The number of hydrogen-bond donors (Lipinski definition) is 1. The van der Waals surface area contributed by atoms with Gasteiger partial charge in [0.05, 0.1) is 0 Å². The monoisotopic (exact) mass is 429 g/mol. The van der Waals surface area contributed by atoms with Gasteiger partial charge in [-0.15, -0.1) is 0 Å². The van der Waals surface area contributed by atoms with Crippen LogP contribution >= 0.6 is 24.0 Å². The van der Waals surface area contributed by atoms with E-state index in [9.17, 15) is 0 Å². The summed E-state index contributed by atoms with van der Waals surface area (Å²) >= 11 is 6.37. The molecule has 2 N–H and O–H groups in total. The van der Waals surface area contributed by atoms with E-state index in [1.807, 2.05) is 0 Å². The summed E-state index contributed by atoms with van der Waals surface area (Å²) in [5.74, 6) is 0. The molecule has 0 amide bonds. The molecular weight excluding hydrogens is 396 g/mol. The summed E-state index contributed by atoms with van der Waals surface area (Å²) in [7, 11) is 0. The molecule has 0 aliphatic heterocycles. The van der Waals surface area contributed by atoms with Crippen LogP contribution in [0.3, 0.4) is 0 Å².